The first-order valence-electron chi connectivity index (χ1n) is 12.9. The van der Waals surface area contributed by atoms with Gasteiger partial charge in [-0.3, -0.25) is 4.79 Å². The molecule has 10 heteroatoms. The van der Waals surface area contributed by atoms with Gasteiger partial charge in [0.05, 0.1) is 24.5 Å². The number of benzene rings is 1. The zero-order chi connectivity index (χ0) is 25.8. The van der Waals surface area contributed by atoms with Crippen molar-refractivity contribution in [1.82, 2.24) is 14.8 Å². The molecule has 1 N–H and O–H groups in total. The van der Waals surface area contributed by atoms with Gasteiger partial charge < -0.3 is 19.4 Å². The molecule has 1 aromatic carbocycles. The van der Waals surface area contributed by atoms with Crippen molar-refractivity contribution in [2.24, 2.45) is 7.05 Å². The highest BCUT2D eigenvalue weighted by Crippen LogP contribution is 2.38. The third-order valence-electron chi connectivity index (χ3n) is 6.95. The van der Waals surface area contributed by atoms with Crippen molar-refractivity contribution in [2.45, 2.75) is 69.0 Å². The first-order chi connectivity index (χ1) is 18.0. The van der Waals surface area contributed by atoms with Crippen LogP contribution in [0, 0.1) is 0 Å². The van der Waals surface area contributed by atoms with Crippen molar-refractivity contribution in [1.29, 1.82) is 0 Å². The molecule has 3 aromatic rings. The molecule has 0 radical (unpaired) electrons. The molecule has 0 spiro atoms. The minimum atomic E-state index is -0.389. The predicted octanol–water partition coefficient (Wildman–Crippen LogP) is 5.65. The maximum absolute atomic E-state index is 12.8. The number of carbonyl (C=O) groups excluding carboxylic acids is 2. The number of methoxy groups -OCH3 is 1. The number of nitrogens with one attached hydrogen (secondary N) is 1. The lowest BCUT2D eigenvalue weighted by Gasteiger charge is -2.13. The van der Waals surface area contributed by atoms with E-state index in [0.29, 0.717) is 21.8 Å². The zero-order valence-electron chi connectivity index (χ0n) is 21.2. The second-order valence-electron chi connectivity index (χ2n) is 9.51. The average Bonchev–Trinajstić information content (AvgIpc) is 3.58. The van der Waals surface area contributed by atoms with E-state index in [-0.39, 0.29) is 17.6 Å². The number of rotatable bonds is 8. The van der Waals surface area contributed by atoms with Gasteiger partial charge in [-0.05, 0) is 81.2 Å². The number of nitrogens with zero attached hydrogens (tertiary/aromatic N) is 3. The fourth-order valence-corrected chi connectivity index (χ4v) is 7.02. The molecule has 0 unspecified atom stereocenters. The van der Waals surface area contributed by atoms with Crippen LogP contribution < -0.4 is 10.1 Å². The average molecular weight is 541 g/mol. The Morgan fingerprint density at radius 2 is 1.84 bits per heavy atom. The molecule has 0 saturated heterocycles. The van der Waals surface area contributed by atoms with Gasteiger partial charge >= 0.3 is 5.97 Å². The fourth-order valence-electron chi connectivity index (χ4n) is 5.01. The van der Waals surface area contributed by atoms with Crippen LogP contribution in [-0.2, 0) is 29.4 Å². The Labute approximate surface area is 225 Å². The van der Waals surface area contributed by atoms with E-state index in [1.807, 2.05) is 35.9 Å². The monoisotopic (exact) mass is 540 g/mol. The number of aryl methyl sites for hydroxylation is 1. The Kier molecular flexibility index (Phi) is 8.14. The van der Waals surface area contributed by atoms with E-state index in [1.165, 1.54) is 47.9 Å². The van der Waals surface area contributed by atoms with Crippen molar-refractivity contribution in [3.8, 4) is 17.1 Å². The summed E-state index contributed by atoms with van der Waals surface area (Å²) in [5, 5.41) is 12.8. The Hall–Kier alpha value is -2.85. The third-order valence-corrected chi connectivity index (χ3v) is 9.18. The van der Waals surface area contributed by atoms with E-state index < -0.39 is 0 Å². The molecule has 196 valence electrons. The summed E-state index contributed by atoms with van der Waals surface area (Å²) in [4.78, 5) is 26.6. The van der Waals surface area contributed by atoms with Crippen LogP contribution >= 0.6 is 23.1 Å². The van der Waals surface area contributed by atoms with Crippen LogP contribution in [0.5, 0.6) is 5.75 Å². The SMILES string of the molecule is COC(=O)c1c(NC(=O)CSc2nnc(-c3ccc(OC4CCCC4)cc3)n2C)sc2c1CCCCC2. The molecule has 2 aliphatic carbocycles. The molecule has 8 nitrogen and oxygen atoms in total. The number of hydrogen-bond donors (Lipinski definition) is 1. The number of anilines is 1. The van der Waals surface area contributed by atoms with E-state index in [0.717, 1.165) is 67.6 Å². The van der Waals surface area contributed by atoms with Crippen LogP contribution in [0.1, 0.15) is 65.7 Å². The number of thioether (sulfide) groups is 1. The lowest BCUT2D eigenvalue weighted by Crippen LogP contribution is -2.16. The number of aromatic nitrogens is 3. The molecule has 1 amide bonds. The van der Waals surface area contributed by atoms with Crippen LogP contribution in [0.25, 0.3) is 11.4 Å². The number of thiophene rings is 1. The molecule has 2 aromatic heterocycles. The van der Waals surface area contributed by atoms with E-state index in [9.17, 15) is 9.59 Å². The van der Waals surface area contributed by atoms with Crippen molar-refractivity contribution >= 4 is 40.0 Å². The van der Waals surface area contributed by atoms with Crippen LogP contribution in [0.2, 0.25) is 0 Å². The highest BCUT2D eigenvalue weighted by atomic mass is 32.2. The smallest absolute Gasteiger partial charge is 0.341 e. The lowest BCUT2D eigenvalue weighted by molar-refractivity contribution is -0.113. The van der Waals surface area contributed by atoms with Gasteiger partial charge in [0.15, 0.2) is 11.0 Å². The number of hydrogen-bond acceptors (Lipinski definition) is 8. The van der Waals surface area contributed by atoms with Crippen LogP contribution in [-0.4, -0.2) is 45.6 Å². The van der Waals surface area contributed by atoms with Gasteiger partial charge in [-0.1, -0.05) is 18.2 Å². The van der Waals surface area contributed by atoms with Gasteiger partial charge in [-0.25, -0.2) is 4.79 Å². The fraction of sp³-hybridized carbons (Fsp3) is 0.481. The second-order valence-corrected chi connectivity index (χ2v) is 11.6. The molecule has 37 heavy (non-hydrogen) atoms. The lowest BCUT2D eigenvalue weighted by atomic mass is 10.1. The normalized spacial score (nSPS) is 15.7. The minimum Gasteiger partial charge on any atom is -0.490 e. The summed E-state index contributed by atoms with van der Waals surface area (Å²) in [5.74, 6) is 1.18. The van der Waals surface area contributed by atoms with Crippen molar-refractivity contribution in [2.75, 3.05) is 18.2 Å². The van der Waals surface area contributed by atoms with E-state index in [4.69, 9.17) is 9.47 Å². The Balaban J connectivity index is 1.22. The first kappa shape index (κ1) is 25.8. The predicted molar refractivity (Wildman–Crippen MR) is 146 cm³/mol. The highest BCUT2D eigenvalue weighted by Gasteiger charge is 2.26. The molecule has 5 rings (SSSR count). The van der Waals surface area contributed by atoms with Gasteiger partial charge in [0, 0.05) is 17.5 Å². The van der Waals surface area contributed by atoms with Gasteiger partial charge in [0.1, 0.15) is 10.8 Å². The Morgan fingerprint density at radius 3 is 2.59 bits per heavy atom. The molecule has 2 aliphatic rings. The summed E-state index contributed by atoms with van der Waals surface area (Å²) >= 11 is 2.81. The molecule has 1 fully saturated rings. The zero-order valence-corrected chi connectivity index (χ0v) is 22.9. The number of fused-ring (bicyclic) bond motifs is 1. The van der Waals surface area contributed by atoms with Crippen LogP contribution in [0.3, 0.4) is 0 Å². The number of carbonyl (C=O) groups is 2. The molecular formula is C27H32N4O4S2. The summed E-state index contributed by atoms with van der Waals surface area (Å²) in [6.45, 7) is 0. The van der Waals surface area contributed by atoms with Crippen molar-refractivity contribution in [3.05, 3.63) is 40.3 Å². The summed E-state index contributed by atoms with van der Waals surface area (Å²) in [6, 6.07) is 7.93. The van der Waals surface area contributed by atoms with E-state index in [1.54, 1.807) is 0 Å². The summed E-state index contributed by atoms with van der Waals surface area (Å²) < 4.78 is 13.0. The Morgan fingerprint density at radius 1 is 1.08 bits per heavy atom. The largest absolute Gasteiger partial charge is 0.490 e. The van der Waals surface area contributed by atoms with Crippen molar-refractivity contribution < 1.29 is 19.1 Å². The van der Waals surface area contributed by atoms with Gasteiger partial charge in [0.2, 0.25) is 5.91 Å². The number of esters is 1. The topological polar surface area (TPSA) is 95.3 Å². The van der Waals surface area contributed by atoms with Gasteiger partial charge in [-0.15, -0.1) is 21.5 Å². The summed E-state index contributed by atoms with van der Waals surface area (Å²) in [5.41, 5.74) is 2.49. The third kappa shape index (κ3) is 5.85. The minimum absolute atomic E-state index is 0.156. The molecule has 1 saturated carbocycles. The van der Waals surface area contributed by atoms with Crippen LogP contribution in [0.15, 0.2) is 29.4 Å². The molecule has 0 bridgehead atoms. The molecule has 0 aliphatic heterocycles. The quantitative estimate of drug-likeness (QED) is 0.224. The maximum Gasteiger partial charge on any atom is 0.341 e. The highest BCUT2D eigenvalue weighted by molar-refractivity contribution is 7.99. The van der Waals surface area contributed by atoms with Gasteiger partial charge in [0.25, 0.3) is 0 Å². The molecule has 0 atom stereocenters. The molecule has 2 heterocycles. The number of amides is 1. The van der Waals surface area contributed by atoms with Crippen LogP contribution in [0.4, 0.5) is 5.00 Å². The summed E-state index contributed by atoms with van der Waals surface area (Å²) in [7, 11) is 3.27. The summed E-state index contributed by atoms with van der Waals surface area (Å²) in [6.07, 6.45) is 10.1. The molecular weight excluding hydrogens is 508 g/mol. The van der Waals surface area contributed by atoms with Gasteiger partial charge in [-0.2, -0.15) is 0 Å². The Bertz CT molecular complexity index is 1260. The first-order valence-corrected chi connectivity index (χ1v) is 14.7. The number of ether oxygens (including phenoxy) is 2. The standard InChI is InChI=1S/C27H32N4O4S2/c1-31-24(17-12-14-19(15-13-17)35-18-8-6-7-9-18)29-30-27(31)36-16-22(32)28-25-23(26(33)34-2)20-10-4-3-5-11-21(20)37-25/h12-15,18H,3-11,16H2,1-2H3,(H,28,32). The second kappa shape index (κ2) is 11.7. The van der Waals surface area contributed by atoms with E-state index >= 15 is 0 Å². The maximum atomic E-state index is 12.8. The van der Waals surface area contributed by atoms with E-state index in [2.05, 4.69) is 15.5 Å². The van der Waals surface area contributed by atoms with Crippen molar-refractivity contribution in [3.63, 3.8) is 0 Å².